The molecule has 1 aromatic carbocycles. The Balaban J connectivity index is 3.40. The van der Waals surface area contributed by atoms with E-state index in [4.69, 9.17) is 5.11 Å². The number of rotatable bonds is 5. The topological polar surface area (TPSA) is 57.6 Å². The fourth-order valence-corrected chi connectivity index (χ4v) is 3.10. The van der Waals surface area contributed by atoms with E-state index in [-0.39, 0.29) is 11.6 Å². The predicted octanol–water partition coefficient (Wildman–Crippen LogP) is 1.88. The van der Waals surface area contributed by atoms with Crippen LogP contribution in [0.2, 0.25) is 0 Å². The molecule has 1 atom stereocenters. The van der Waals surface area contributed by atoms with E-state index in [1.165, 1.54) is 7.05 Å². The highest BCUT2D eigenvalue weighted by atomic mass is 32.2. The maximum Gasteiger partial charge on any atom is 0.246 e. The van der Waals surface area contributed by atoms with Crippen molar-refractivity contribution in [2.75, 3.05) is 7.05 Å². The number of halogens is 2. The van der Waals surface area contributed by atoms with E-state index >= 15 is 0 Å². The molecule has 0 spiro atoms. The first-order chi connectivity index (χ1) is 8.75. The van der Waals surface area contributed by atoms with Crippen molar-refractivity contribution < 1.29 is 22.3 Å². The van der Waals surface area contributed by atoms with Gasteiger partial charge < -0.3 is 5.11 Å². The van der Waals surface area contributed by atoms with Gasteiger partial charge in [0.1, 0.15) is 4.90 Å². The van der Waals surface area contributed by atoms with E-state index in [0.29, 0.717) is 6.42 Å². The Morgan fingerprint density at radius 3 is 2.42 bits per heavy atom. The van der Waals surface area contributed by atoms with Gasteiger partial charge in [-0.2, -0.15) is 4.31 Å². The first kappa shape index (κ1) is 16.0. The van der Waals surface area contributed by atoms with Crippen LogP contribution in [0.5, 0.6) is 0 Å². The average Bonchev–Trinajstić information content (AvgIpc) is 2.39. The molecule has 7 heteroatoms. The van der Waals surface area contributed by atoms with Crippen molar-refractivity contribution in [1.29, 1.82) is 0 Å². The van der Waals surface area contributed by atoms with Gasteiger partial charge in [-0.25, -0.2) is 17.2 Å². The number of aliphatic hydroxyl groups excluding tert-OH is 1. The van der Waals surface area contributed by atoms with Crippen LogP contribution >= 0.6 is 0 Å². The molecule has 0 saturated heterocycles. The maximum absolute atomic E-state index is 13.7. The summed E-state index contributed by atoms with van der Waals surface area (Å²) in [5, 5.41) is 8.94. The molecule has 0 aliphatic heterocycles. The van der Waals surface area contributed by atoms with Crippen molar-refractivity contribution >= 4 is 10.0 Å². The molecular formula is C12H17F2NO3S. The highest BCUT2D eigenvalue weighted by Crippen LogP contribution is 2.24. The SMILES string of the molecule is CCC(C)N(C)S(=O)(=O)c1cc(CO)cc(F)c1F. The van der Waals surface area contributed by atoms with Crippen molar-refractivity contribution in [3.05, 3.63) is 29.3 Å². The van der Waals surface area contributed by atoms with Crippen LogP contribution in [0.3, 0.4) is 0 Å². The molecule has 0 aromatic heterocycles. The highest BCUT2D eigenvalue weighted by molar-refractivity contribution is 7.89. The maximum atomic E-state index is 13.7. The van der Waals surface area contributed by atoms with Crippen molar-refractivity contribution in [1.82, 2.24) is 4.31 Å². The smallest absolute Gasteiger partial charge is 0.246 e. The Labute approximate surface area is 111 Å². The van der Waals surface area contributed by atoms with Crippen LogP contribution in [0.1, 0.15) is 25.8 Å². The monoisotopic (exact) mass is 293 g/mol. The number of hydrogen-bond donors (Lipinski definition) is 1. The summed E-state index contributed by atoms with van der Waals surface area (Å²) in [6, 6.07) is 1.38. The van der Waals surface area contributed by atoms with Crippen LogP contribution in [-0.4, -0.2) is 30.9 Å². The first-order valence-corrected chi connectivity index (χ1v) is 7.26. The number of benzene rings is 1. The summed E-state index contributed by atoms with van der Waals surface area (Å²) in [6.45, 7) is 2.90. The van der Waals surface area contributed by atoms with Gasteiger partial charge in [0.2, 0.25) is 10.0 Å². The quantitative estimate of drug-likeness (QED) is 0.901. The summed E-state index contributed by atoms with van der Waals surface area (Å²) >= 11 is 0. The minimum absolute atomic E-state index is 0.00928. The van der Waals surface area contributed by atoms with E-state index < -0.39 is 33.2 Å². The third-order valence-corrected chi connectivity index (χ3v) is 5.08. The molecule has 0 fully saturated rings. The van der Waals surface area contributed by atoms with Gasteiger partial charge in [-0.1, -0.05) is 6.92 Å². The molecule has 0 radical (unpaired) electrons. The molecule has 1 unspecified atom stereocenters. The van der Waals surface area contributed by atoms with Crippen LogP contribution in [0, 0.1) is 11.6 Å². The molecule has 0 heterocycles. The van der Waals surface area contributed by atoms with E-state index in [0.717, 1.165) is 16.4 Å². The second-order valence-electron chi connectivity index (χ2n) is 4.33. The third-order valence-electron chi connectivity index (χ3n) is 3.11. The predicted molar refractivity (Wildman–Crippen MR) is 67.0 cm³/mol. The van der Waals surface area contributed by atoms with Gasteiger partial charge in [0.05, 0.1) is 6.61 Å². The Morgan fingerprint density at radius 2 is 1.95 bits per heavy atom. The molecule has 0 aliphatic rings. The van der Waals surface area contributed by atoms with Crippen LogP contribution in [0.15, 0.2) is 17.0 Å². The fourth-order valence-electron chi connectivity index (χ4n) is 1.55. The minimum atomic E-state index is -4.13. The molecule has 0 aliphatic carbocycles. The molecule has 4 nitrogen and oxygen atoms in total. The molecule has 1 N–H and O–H groups in total. The normalized spacial score (nSPS) is 13.8. The van der Waals surface area contributed by atoms with Gasteiger partial charge in [0.15, 0.2) is 11.6 Å². The van der Waals surface area contributed by atoms with E-state index in [1.807, 2.05) is 0 Å². The summed E-state index contributed by atoms with van der Waals surface area (Å²) < 4.78 is 52.4. The van der Waals surface area contributed by atoms with Crippen molar-refractivity contribution in [3.63, 3.8) is 0 Å². The summed E-state index contributed by atoms with van der Waals surface area (Å²) in [4.78, 5) is -0.751. The van der Waals surface area contributed by atoms with E-state index in [9.17, 15) is 17.2 Å². The fraction of sp³-hybridized carbons (Fsp3) is 0.500. The molecule has 0 amide bonds. The molecule has 0 saturated carbocycles. The second-order valence-corrected chi connectivity index (χ2v) is 6.29. The Hall–Kier alpha value is -1.05. The zero-order valence-corrected chi connectivity index (χ0v) is 11.8. The zero-order valence-electron chi connectivity index (χ0n) is 11.0. The molecule has 0 bridgehead atoms. The van der Waals surface area contributed by atoms with Crippen LogP contribution in [-0.2, 0) is 16.6 Å². The van der Waals surface area contributed by atoms with Crippen LogP contribution in [0.4, 0.5) is 8.78 Å². The summed E-state index contributed by atoms with van der Waals surface area (Å²) in [7, 11) is -2.82. The lowest BCUT2D eigenvalue weighted by Crippen LogP contribution is -2.35. The zero-order chi connectivity index (χ0) is 14.8. The largest absolute Gasteiger partial charge is 0.392 e. The standard InChI is InChI=1S/C12H17F2NO3S/c1-4-8(2)15(3)19(17,18)11-6-9(7-16)5-10(13)12(11)14/h5-6,8,16H,4,7H2,1-3H3. The van der Waals surface area contributed by atoms with Crippen LogP contribution < -0.4 is 0 Å². The van der Waals surface area contributed by atoms with E-state index in [2.05, 4.69) is 0 Å². The van der Waals surface area contributed by atoms with Crippen molar-refractivity contribution in [2.24, 2.45) is 0 Å². The van der Waals surface area contributed by atoms with E-state index in [1.54, 1.807) is 13.8 Å². The van der Waals surface area contributed by atoms with Gasteiger partial charge in [0, 0.05) is 13.1 Å². The van der Waals surface area contributed by atoms with Crippen molar-refractivity contribution in [2.45, 2.75) is 37.8 Å². The molecule has 108 valence electrons. The lowest BCUT2D eigenvalue weighted by atomic mass is 10.2. The summed E-state index contributed by atoms with van der Waals surface area (Å²) in [5.41, 5.74) is 0.00928. The number of aliphatic hydroxyl groups is 1. The first-order valence-electron chi connectivity index (χ1n) is 5.82. The molecule has 19 heavy (non-hydrogen) atoms. The average molecular weight is 293 g/mol. The third kappa shape index (κ3) is 3.10. The lowest BCUT2D eigenvalue weighted by Gasteiger charge is -2.23. The summed E-state index contributed by atoms with van der Waals surface area (Å²) in [5.74, 6) is -2.71. The van der Waals surface area contributed by atoms with Crippen molar-refractivity contribution in [3.8, 4) is 0 Å². The molecule has 1 rings (SSSR count). The number of sulfonamides is 1. The number of hydrogen-bond acceptors (Lipinski definition) is 3. The number of nitrogens with zero attached hydrogens (tertiary/aromatic N) is 1. The summed E-state index contributed by atoms with van der Waals surface area (Å²) in [6.07, 6.45) is 0.541. The van der Waals surface area contributed by atoms with Crippen LogP contribution in [0.25, 0.3) is 0 Å². The van der Waals surface area contributed by atoms with Gasteiger partial charge in [-0.15, -0.1) is 0 Å². The molecular weight excluding hydrogens is 276 g/mol. The molecule has 1 aromatic rings. The Bertz CT molecular complexity index is 560. The van der Waals surface area contributed by atoms with Gasteiger partial charge in [0.25, 0.3) is 0 Å². The minimum Gasteiger partial charge on any atom is -0.392 e. The Kier molecular flexibility index (Phi) is 5.00. The van der Waals surface area contributed by atoms with Gasteiger partial charge in [-0.05, 0) is 31.0 Å². The van der Waals surface area contributed by atoms with Gasteiger partial charge in [-0.3, -0.25) is 0 Å². The second kappa shape index (κ2) is 5.94. The lowest BCUT2D eigenvalue weighted by molar-refractivity contribution is 0.280. The van der Waals surface area contributed by atoms with Gasteiger partial charge >= 0.3 is 0 Å². The highest BCUT2D eigenvalue weighted by Gasteiger charge is 2.29. The Morgan fingerprint density at radius 1 is 1.37 bits per heavy atom.